The smallest absolute Gasteiger partial charge is 0.223 e. The molecule has 3 rings (SSSR count). The molecule has 0 spiro atoms. The summed E-state index contributed by atoms with van der Waals surface area (Å²) in [5.41, 5.74) is 0. The second-order valence-corrected chi connectivity index (χ2v) is 6.74. The van der Waals surface area contributed by atoms with Crippen molar-refractivity contribution in [3.8, 4) is 0 Å². The van der Waals surface area contributed by atoms with Crippen LogP contribution >= 0.6 is 0 Å². The van der Waals surface area contributed by atoms with Gasteiger partial charge in [-0.15, -0.1) is 0 Å². The van der Waals surface area contributed by atoms with Crippen molar-refractivity contribution in [3.63, 3.8) is 0 Å². The van der Waals surface area contributed by atoms with E-state index in [-0.39, 0.29) is 0 Å². The highest BCUT2D eigenvalue weighted by Crippen LogP contribution is 2.25. The van der Waals surface area contributed by atoms with Gasteiger partial charge in [-0.25, -0.2) is 0 Å². The summed E-state index contributed by atoms with van der Waals surface area (Å²) in [4.78, 5) is 17.0. The molecule has 0 aromatic heterocycles. The molecule has 4 nitrogen and oxygen atoms in total. The zero-order valence-electron chi connectivity index (χ0n) is 12.6. The molecule has 1 N–H and O–H groups in total. The van der Waals surface area contributed by atoms with Crippen LogP contribution in [0.4, 0.5) is 0 Å². The van der Waals surface area contributed by atoms with Crippen molar-refractivity contribution in [1.82, 2.24) is 15.1 Å². The summed E-state index contributed by atoms with van der Waals surface area (Å²) in [7, 11) is 0. The normalized spacial score (nSPS) is 31.9. The van der Waals surface area contributed by atoms with E-state index in [0.717, 1.165) is 26.1 Å². The van der Waals surface area contributed by atoms with Crippen LogP contribution in [0.5, 0.6) is 0 Å². The van der Waals surface area contributed by atoms with Crippen LogP contribution in [0.1, 0.15) is 44.9 Å². The molecule has 3 heterocycles. The highest BCUT2D eigenvalue weighted by Gasteiger charge is 2.30. The summed E-state index contributed by atoms with van der Waals surface area (Å²) in [6.07, 6.45) is 8.46. The minimum atomic E-state index is 0.389. The van der Waals surface area contributed by atoms with Gasteiger partial charge in [0.25, 0.3) is 0 Å². The summed E-state index contributed by atoms with van der Waals surface area (Å²) in [6, 6.07) is 0.671. The maximum absolute atomic E-state index is 12.4. The first kappa shape index (κ1) is 14.3. The Balaban J connectivity index is 1.44. The van der Waals surface area contributed by atoms with Gasteiger partial charge in [0.1, 0.15) is 0 Å². The van der Waals surface area contributed by atoms with Crippen LogP contribution in [0.25, 0.3) is 0 Å². The first-order valence-electron chi connectivity index (χ1n) is 8.56. The Kier molecular flexibility index (Phi) is 4.94. The van der Waals surface area contributed by atoms with Crippen molar-refractivity contribution in [2.75, 3.05) is 39.3 Å². The molecule has 3 fully saturated rings. The Morgan fingerprint density at radius 3 is 2.65 bits per heavy atom. The molecule has 3 aliphatic heterocycles. The van der Waals surface area contributed by atoms with Crippen LogP contribution in [-0.4, -0.2) is 61.0 Å². The predicted molar refractivity (Wildman–Crippen MR) is 80.6 cm³/mol. The molecule has 3 aliphatic rings. The lowest BCUT2D eigenvalue weighted by Crippen LogP contribution is -2.46. The lowest BCUT2D eigenvalue weighted by Gasteiger charge is -2.36. The van der Waals surface area contributed by atoms with Gasteiger partial charge in [-0.1, -0.05) is 0 Å². The van der Waals surface area contributed by atoms with Gasteiger partial charge in [-0.3, -0.25) is 4.79 Å². The minimum Gasteiger partial charge on any atom is -0.342 e. The highest BCUT2D eigenvalue weighted by molar-refractivity contribution is 5.76. The first-order chi connectivity index (χ1) is 9.83. The van der Waals surface area contributed by atoms with Crippen molar-refractivity contribution >= 4 is 5.91 Å². The zero-order chi connectivity index (χ0) is 13.8. The van der Waals surface area contributed by atoms with E-state index in [9.17, 15) is 4.79 Å². The number of rotatable bonds is 4. The van der Waals surface area contributed by atoms with E-state index in [1.54, 1.807) is 0 Å². The SMILES string of the molecule is O=C(CCN1CCCC1)N1CCCC(C2CCCN2)C1. The van der Waals surface area contributed by atoms with Gasteiger partial charge >= 0.3 is 0 Å². The number of nitrogens with zero attached hydrogens (tertiary/aromatic N) is 2. The zero-order valence-corrected chi connectivity index (χ0v) is 12.6. The van der Waals surface area contributed by atoms with Crippen molar-refractivity contribution in [2.45, 2.75) is 51.0 Å². The molecule has 0 saturated carbocycles. The predicted octanol–water partition coefficient (Wildman–Crippen LogP) is 1.46. The Morgan fingerprint density at radius 1 is 1.05 bits per heavy atom. The molecule has 4 heteroatoms. The number of hydrogen-bond acceptors (Lipinski definition) is 3. The molecule has 2 unspecified atom stereocenters. The summed E-state index contributed by atoms with van der Waals surface area (Å²) >= 11 is 0. The van der Waals surface area contributed by atoms with E-state index in [1.807, 2.05) is 0 Å². The Labute approximate surface area is 122 Å². The van der Waals surface area contributed by atoms with Crippen LogP contribution in [-0.2, 0) is 4.79 Å². The second kappa shape index (κ2) is 6.90. The van der Waals surface area contributed by atoms with E-state index in [1.165, 1.54) is 58.2 Å². The van der Waals surface area contributed by atoms with Gasteiger partial charge in [0.2, 0.25) is 5.91 Å². The average molecular weight is 279 g/mol. The second-order valence-electron chi connectivity index (χ2n) is 6.74. The molecule has 0 aromatic carbocycles. The molecule has 0 bridgehead atoms. The van der Waals surface area contributed by atoms with Crippen LogP contribution in [0.2, 0.25) is 0 Å². The summed E-state index contributed by atoms with van der Waals surface area (Å²) in [5.74, 6) is 1.08. The number of carbonyl (C=O) groups is 1. The molecule has 0 aromatic rings. The maximum atomic E-state index is 12.4. The Hall–Kier alpha value is -0.610. The van der Waals surface area contributed by atoms with E-state index >= 15 is 0 Å². The van der Waals surface area contributed by atoms with Crippen molar-refractivity contribution in [1.29, 1.82) is 0 Å². The molecule has 114 valence electrons. The van der Waals surface area contributed by atoms with Gasteiger partial charge < -0.3 is 15.1 Å². The van der Waals surface area contributed by atoms with Crippen LogP contribution in [0.15, 0.2) is 0 Å². The molecule has 0 radical (unpaired) electrons. The molecular formula is C16H29N3O. The molecule has 0 aliphatic carbocycles. The van der Waals surface area contributed by atoms with Crippen molar-refractivity contribution in [2.24, 2.45) is 5.92 Å². The average Bonchev–Trinajstić information content (AvgIpc) is 3.18. The quantitative estimate of drug-likeness (QED) is 0.846. The molecule has 2 atom stereocenters. The van der Waals surface area contributed by atoms with Crippen LogP contribution in [0, 0.1) is 5.92 Å². The van der Waals surface area contributed by atoms with Crippen molar-refractivity contribution < 1.29 is 4.79 Å². The lowest BCUT2D eigenvalue weighted by atomic mass is 9.89. The maximum Gasteiger partial charge on any atom is 0.223 e. The van der Waals surface area contributed by atoms with Crippen molar-refractivity contribution in [3.05, 3.63) is 0 Å². The monoisotopic (exact) mass is 279 g/mol. The van der Waals surface area contributed by atoms with Gasteiger partial charge in [-0.05, 0) is 64.1 Å². The first-order valence-corrected chi connectivity index (χ1v) is 8.56. The lowest BCUT2D eigenvalue weighted by molar-refractivity contribution is -0.133. The van der Waals surface area contributed by atoms with E-state index in [2.05, 4.69) is 15.1 Å². The fraction of sp³-hybridized carbons (Fsp3) is 0.938. The number of amides is 1. The molecule has 1 amide bonds. The van der Waals surface area contributed by atoms with Gasteiger partial charge in [0, 0.05) is 32.1 Å². The Morgan fingerprint density at radius 2 is 1.90 bits per heavy atom. The van der Waals surface area contributed by atoms with E-state index < -0.39 is 0 Å². The van der Waals surface area contributed by atoms with Crippen LogP contribution in [0.3, 0.4) is 0 Å². The largest absolute Gasteiger partial charge is 0.342 e. The highest BCUT2D eigenvalue weighted by atomic mass is 16.2. The summed E-state index contributed by atoms with van der Waals surface area (Å²) in [6.45, 7) is 6.52. The number of nitrogens with one attached hydrogen (secondary N) is 1. The molecule has 3 saturated heterocycles. The van der Waals surface area contributed by atoms with Gasteiger partial charge in [0.05, 0.1) is 0 Å². The van der Waals surface area contributed by atoms with Gasteiger partial charge in [-0.2, -0.15) is 0 Å². The fourth-order valence-electron chi connectivity index (χ4n) is 4.10. The number of piperidine rings is 1. The Bertz CT molecular complexity index is 322. The number of hydrogen-bond donors (Lipinski definition) is 1. The van der Waals surface area contributed by atoms with Gasteiger partial charge in [0.15, 0.2) is 0 Å². The van der Waals surface area contributed by atoms with E-state index in [0.29, 0.717) is 17.9 Å². The number of carbonyl (C=O) groups excluding carboxylic acids is 1. The van der Waals surface area contributed by atoms with Crippen LogP contribution < -0.4 is 5.32 Å². The van der Waals surface area contributed by atoms with E-state index in [4.69, 9.17) is 0 Å². The third-order valence-corrected chi connectivity index (χ3v) is 5.32. The summed E-state index contributed by atoms with van der Waals surface area (Å²) < 4.78 is 0. The standard InChI is InChI=1S/C16H29N3O/c20-16(7-12-18-9-1-2-10-18)19-11-4-5-14(13-19)15-6-3-8-17-15/h14-15,17H,1-13H2. The topological polar surface area (TPSA) is 35.6 Å². The molecular weight excluding hydrogens is 250 g/mol. The summed E-state index contributed by atoms with van der Waals surface area (Å²) in [5, 5.41) is 3.62. The third-order valence-electron chi connectivity index (χ3n) is 5.32. The number of likely N-dealkylation sites (tertiary alicyclic amines) is 2. The minimum absolute atomic E-state index is 0.389. The third kappa shape index (κ3) is 3.53. The molecule has 20 heavy (non-hydrogen) atoms. The fourth-order valence-corrected chi connectivity index (χ4v) is 4.10.